The molecule has 3 aromatic carbocycles. The molecule has 2 aliphatic carbocycles. The Kier molecular flexibility index (Phi) is 15.4. The van der Waals surface area contributed by atoms with Gasteiger partial charge < -0.3 is 38.3 Å². The van der Waals surface area contributed by atoms with Crippen LogP contribution < -0.4 is 15.6 Å². The van der Waals surface area contributed by atoms with Crippen molar-refractivity contribution in [2.75, 3.05) is 41.4 Å². The van der Waals surface area contributed by atoms with Gasteiger partial charge in [-0.25, -0.2) is 8.78 Å². The monoisotopic (exact) mass is 1020 g/mol. The molecule has 2 fully saturated rings. The maximum atomic E-state index is 14.4. The second kappa shape index (κ2) is 20.8. The number of carbonyl (C=O) groups is 4. The Balaban J connectivity index is 0.000000208. The second-order valence-corrected chi connectivity index (χ2v) is 19.0. The molecule has 4 heterocycles. The summed E-state index contributed by atoms with van der Waals surface area (Å²) in [6.45, 7) is 0.850. The first kappa shape index (κ1) is 51.9. The van der Waals surface area contributed by atoms with Gasteiger partial charge in [-0.15, -0.1) is 12.4 Å². The Morgan fingerprint density at radius 1 is 0.671 bits per heavy atom. The fraction of sp³-hybridized carbons (Fsp3) is 0.373. The summed E-state index contributed by atoms with van der Waals surface area (Å²) in [7, 11) is 6.54. The Morgan fingerprint density at radius 3 is 1.59 bits per heavy atom. The minimum Gasteiger partial charge on any atom is -0.503 e. The number of aromatic nitrogens is 2. The third-order valence-corrected chi connectivity index (χ3v) is 14.3. The van der Waals surface area contributed by atoms with Crippen LogP contribution in [0.25, 0.3) is 0 Å². The van der Waals surface area contributed by atoms with Crippen LogP contribution in [0.5, 0.6) is 11.5 Å². The summed E-state index contributed by atoms with van der Waals surface area (Å²) in [5.74, 6) is -3.91. The van der Waals surface area contributed by atoms with Crippen LogP contribution >= 0.6 is 35.6 Å². The molecule has 0 radical (unpaired) electrons. The summed E-state index contributed by atoms with van der Waals surface area (Å²) in [5.41, 5.74) is -1.56. The van der Waals surface area contributed by atoms with Crippen LogP contribution in [0.4, 0.5) is 8.78 Å². The number of nitrogens with zero attached hydrogens (tertiary/aromatic N) is 4. The average molecular weight is 1020 g/mol. The van der Waals surface area contributed by atoms with Crippen LogP contribution in [0, 0.1) is 11.6 Å². The van der Waals surface area contributed by atoms with Crippen molar-refractivity contribution in [1.82, 2.24) is 18.9 Å². The van der Waals surface area contributed by atoms with Crippen molar-refractivity contribution < 1.29 is 47.3 Å². The lowest BCUT2D eigenvalue weighted by Gasteiger charge is -2.53. The molecule has 2 saturated carbocycles. The van der Waals surface area contributed by atoms with Gasteiger partial charge in [0.25, 0.3) is 11.8 Å². The van der Waals surface area contributed by atoms with Crippen LogP contribution in [0.1, 0.15) is 96.9 Å². The smallest absolute Gasteiger partial charge is 0.274 e. The van der Waals surface area contributed by atoms with Crippen molar-refractivity contribution in [2.24, 2.45) is 0 Å². The highest BCUT2D eigenvalue weighted by Gasteiger charge is 2.53. The maximum Gasteiger partial charge on any atom is 0.274 e. The van der Waals surface area contributed by atoms with Gasteiger partial charge >= 0.3 is 0 Å². The molecule has 14 nitrogen and oxygen atoms in total. The highest BCUT2D eigenvalue weighted by molar-refractivity contribution is 6.31. The molecular weight excluding hydrogens is 973 g/mol. The number of aromatic hydroxyl groups is 1. The molecule has 4 aliphatic rings. The fourth-order valence-electron chi connectivity index (χ4n) is 9.96. The number of ketones is 2. The first-order chi connectivity index (χ1) is 32.9. The van der Waals surface area contributed by atoms with Gasteiger partial charge in [0, 0.05) is 66.6 Å². The number of methoxy groups -OCH3 is 2. The molecule has 5 aromatic rings. The summed E-state index contributed by atoms with van der Waals surface area (Å²) in [4.78, 5) is 81.7. The SMILES string of the molecule is COC1CC2(C1)CN(C)C(=O)c1c(O)c(=O)c(C(=O)CCc3cccc(Cl)c3F)cn12.COC1CC2(C1)CN(C)C(=O)c1c(OCc3ccccc3)c(=O)c(C(=O)CCc3cccc(Cl)c3F)cn12.Cl. The number of hydrogen-bond acceptors (Lipinski definition) is 10. The number of likely N-dealkylation sites (N-methyl/N-ethyl adjacent to an activating group) is 2. The zero-order chi connectivity index (χ0) is 49.5. The number of benzene rings is 3. The minimum atomic E-state index is -0.899. The topological polar surface area (TPSA) is 167 Å². The van der Waals surface area contributed by atoms with Gasteiger partial charge in [0.2, 0.25) is 10.9 Å². The van der Waals surface area contributed by atoms with E-state index in [2.05, 4.69) is 0 Å². The Morgan fingerprint density at radius 2 is 1.11 bits per heavy atom. The number of halogens is 5. The average Bonchev–Trinajstić information content (AvgIpc) is 3.31. The Bertz CT molecular complexity index is 2990. The lowest BCUT2D eigenvalue weighted by Crippen LogP contribution is -2.61. The summed E-state index contributed by atoms with van der Waals surface area (Å²) < 4.78 is 48.7. The molecule has 1 N–H and O–H groups in total. The number of pyridine rings is 2. The first-order valence-electron chi connectivity index (χ1n) is 22.4. The number of fused-ring (bicyclic) bond motifs is 4. The molecule has 19 heteroatoms. The molecule has 2 spiro atoms. The van der Waals surface area contributed by atoms with Crippen molar-refractivity contribution in [3.63, 3.8) is 0 Å². The molecule has 2 amide bonds. The third kappa shape index (κ3) is 9.63. The Labute approximate surface area is 418 Å². The second-order valence-electron chi connectivity index (χ2n) is 18.2. The highest BCUT2D eigenvalue weighted by Crippen LogP contribution is 2.47. The fourth-order valence-corrected chi connectivity index (χ4v) is 10.3. The number of ether oxygens (including phenoxy) is 3. The van der Waals surface area contributed by atoms with E-state index >= 15 is 0 Å². The van der Waals surface area contributed by atoms with Gasteiger partial charge in [-0.1, -0.05) is 77.8 Å². The zero-order valence-electron chi connectivity index (χ0n) is 38.8. The van der Waals surface area contributed by atoms with E-state index in [0.717, 1.165) is 5.56 Å². The van der Waals surface area contributed by atoms with Crippen molar-refractivity contribution in [1.29, 1.82) is 0 Å². The van der Waals surface area contributed by atoms with Crippen molar-refractivity contribution in [3.8, 4) is 11.5 Å². The zero-order valence-corrected chi connectivity index (χ0v) is 41.1. The first-order valence-corrected chi connectivity index (χ1v) is 23.1. The van der Waals surface area contributed by atoms with E-state index in [1.807, 2.05) is 30.3 Å². The molecular formula is C51H51Cl3F2N4O10. The lowest BCUT2D eigenvalue weighted by atomic mass is 9.72. The molecule has 0 atom stereocenters. The van der Waals surface area contributed by atoms with Gasteiger partial charge in [0.05, 0.1) is 44.5 Å². The lowest BCUT2D eigenvalue weighted by molar-refractivity contribution is -0.0674. The largest absolute Gasteiger partial charge is 0.503 e. The van der Waals surface area contributed by atoms with E-state index in [1.165, 1.54) is 35.5 Å². The van der Waals surface area contributed by atoms with E-state index in [0.29, 0.717) is 44.3 Å². The molecule has 9 rings (SSSR count). The van der Waals surface area contributed by atoms with Crippen LogP contribution in [0.3, 0.4) is 0 Å². The van der Waals surface area contributed by atoms with Crippen LogP contribution in [0.2, 0.25) is 10.0 Å². The highest BCUT2D eigenvalue weighted by atomic mass is 35.5. The summed E-state index contributed by atoms with van der Waals surface area (Å²) in [6, 6.07) is 18.4. The predicted molar refractivity (Wildman–Crippen MR) is 259 cm³/mol. The van der Waals surface area contributed by atoms with Gasteiger partial charge in [-0.3, -0.25) is 28.8 Å². The number of carbonyl (C=O) groups excluding carboxylic acids is 4. The Hall–Kier alpha value is -5.91. The van der Waals surface area contributed by atoms with Gasteiger partial charge in [0.15, 0.2) is 34.5 Å². The molecule has 2 aromatic heterocycles. The maximum absolute atomic E-state index is 14.4. The van der Waals surface area contributed by atoms with E-state index in [9.17, 15) is 42.7 Å². The van der Waals surface area contributed by atoms with Gasteiger partial charge in [-0.2, -0.15) is 0 Å². The minimum absolute atomic E-state index is 0. The van der Waals surface area contributed by atoms with Gasteiger partial charge in [-0.05, 0) is 67.3 Å². The quantitative estimate of drug-likeness (QED) is 0.115. The van der Waals surface area contributed by atoms with Crippen molar-refractivity contribution >= 4 is 59.0 Å². The normalized spacial score (nSPS) is 20.9. The molecule has 0 saturated heterocycles. The van der Waals surface area contributed by atoms with Crippen molar-refractivity contribution in [3.05, 3.63) is 160 Å². The van der Waals surface area contributed by atoms with Gasteiger partial charge in [0.1, 0.15) is 18.2 Å². The third-order valence-electron chi connectivity index (χ3n) is 13.8. The summed E-state index contributed by atoms with van der Waals surface area (Å²) in [6.07, 6.45) is 5.12. The molecule has 2 aliphatic heterocycles. The van der Waals surface area contributed by atoms with Crippen LogP contribution in [-0.2, 0) is 40.0 Å². The number of Topliss-reactive ketones (excluding diaryl/α,β-unsaturated/α-hetero) is 2. The van der Waals surface area contributed by atoms with E-state index in [1.54, 1.807) is 60.5 Å². The molecule has 370 valence electrons. The number of hydrogen-bond donors (Lipinski definition) is 1. The number of aryl methyl sites for hydroxylation is 2. The summed E-state index contributed by atoms with van der Waals surface area (Å²) >= 11 is 11.7. The predicted octanol–water partition coefficient (Wildman–Crippen LogP) is 7.80. The van der Waals surface area contributed by atoms with E-state index in [4.69, 9.17) is 37.4 Å². The number of rotatable bonds is 13. The van der Waals surface area contributed by atoms with E-state index < -0.39 is 56.8 Å². The molecule has 70 heavy (non-hydrogen) atoms. The summed E-state index contributed by atoms with van der Waals surface area (Å²) in [5, 5.41) is 10.5. The van der Waals surface area contributed by atoms with E-state index in [-0.39, 0.29) is 107 Å². The standard InChI is InChI=1S/C29H28ClFN2O5.C22H22ClFN2O5.ClH/c1-32-17-29(13-20(14-29)37-2)33-15-21(23(34)12-11-19-9-6-10-22(30)24(19)31)26(35)27(25(33)28(32)36)38-16-18-7-4-3-5-8-18;1-25-11-22(8-13(9-22)31-2)26-10-14(19(28)20(29)18(26)21(25)30)16(27)7-6-12-4-3-5-15(23)17(12)24;/h3-10,15,20H,11-14,16-17H2,1-2H3;3-5,10,13,29H,6-9,11H2,1-2H3;1H. The molecule has 0 bridgehead atoms. The van der Waals surface area contributed by atoms with Crippen LogP contribution in [-0.4, -0.2) is 101 Å². The number of amides is 2. The van der Waals surface area contributed by atoms with Crippen molar-refractivity contribution in [2.45, 2.75) is 81.3 Å². The molecule has 0 unspecified atom stereocenters. The van der Waals surface area contributed by atoms with Crippen LogP contribution in [0.15, 0.2) is 88.7 Å².